The molecule has 0 unspecified atom stereocenters. The molecule has 57 heavy (non-hydrogen) atoms. The Hall–Kier alpha value is -7.06. The fourth-order valence-electron chi connectivity index (χ4n) is 8.78. The van der Waals surface area contributed by atoms with Crippen LogP contribution in [0.1, 0.15) is 26.3 Å². The molecular weight excluding hydrogens is 745 g/mol. The SMILES string of the molecule is O=C(O)c1ccc2c(oc3ccccc32)c1-c1cccc2c1sc1ccccc12.O=C1c2ccc3c(oc4ccccc43)c2-c2c1ccc1c2sc2ccccc21. The van der Waals surface area contributed by atoms with Gasteiger partial charge in [0.2, 0.25) is 0 Å². The second-order valence-electron chi connectivity index (χ2n) is 14.3. The van der Waals surface area contributed by atoms with Crippen molar-refractivity contribution >= 4 is 119 Å². The Morgan fingerprint density at radius 2 is 0.912 bits per heavy atom. The fraction of sp³-hybridized carbons (Fsp3) is 0. The third-order valence-corrected chi connectivity index (χ3v) is 13.7. The maximum Gasteiger partial charge on any atom is 0.336 e. The standard InChI is InChI=1S/C25H14O3S.C25H12O2S/c26-25(27)19-13-12-16-14-6-1-3-10-20(14)28-23(16)22(19)18-9-5-8-17-15-7-2-4-11-21(15)29-24(17)18;26-23-17-11-9-15-13-5-1-3-7-19(13)27-24(15)21(17)22-18(23)12-10-16-14-6-2-4-8-20(14)28-25(16)22/h1-13H,(H,26,27);1-12H. The molecular formula is C50H26O5S2. The first-order valence-corrected chi connectivity index (χ1v) is 20.2. The van der Waals surface area contributed by atoms with Crippen molar-refractivity contribution < 1.29 is 23.5 Å². The van der Waals surface area contributed by atoms with Crippen molar-refractivity contribution in [2.24, 2.45) is 0 Å². The maximum atomic E-state index is 13.2. The van der Waals surface area contributed by atoms with Crippen LogP contribution in [0.3, 0.4) is 0 Å². The Labute approximate surface area is 331 Å². The lowest BCUT2D eigenvalue weighted by Crippen LogP contribution is -1.99. The number of carboxylic acids is 1. The van der Waals surface area contributed by atoms with E-state index < -0.39 is 5.97 Å². The number of thiophene rings is 2. The van der Waals surface area contributed by atoms with Gasteiger partial charge in [0.15, 0.2) is 5.78 Å². The smallest absolute Gasteiger partial charge is 0.336 e. The van der Waals surface area contributed by atoms with Gasteiger partial charge in [-0.25, -0.2) is 4.79 Å². The maximum absolute atomic E-state index is 13.2. The van der Waals surface area contributed by atoms with Crippen molar-refractivity contribution in [3.8, 4) is 22.3 Å². The van der Waals surface area contributed by atoms with Gasteiger partial charge in [-0.1, -0.05) is 97.1 Å². The third kappa shape index (κ3) is 4.55. The highest BCUT2D eigenvalue weighted by Crippen LogP contribution is 2.50. The molecule has 7 heteroatoms. The van der Waals surface area contributed by atoms with Gasteiger partial charge in [-0.2, -0.15) is 0 Å². The topological polar surface area (TPSA) is 80.6 Å². The minimum Gasteiger partial charge on any atom is -0.478 e. The number of carboxylic acid groups (broad SMARTS) is 1. The monoisotopic (exact) mass is 770 g/mol. The van der Waals surface area contributed by atoms with Crippen LogP contribution in [0.25, 0.3) is 106 Å². The number of hydrogen-bond donors (Lipinski definition) is 1. The molecule has 4 heterocycles. The van der Waals surface area contributed by atoms with E-state index in [9.17, 15) is 14.7 Å². The van der Waals surface area contributed by atoms with Gasteiger partial charge in [0.05, 0.1) is 5.56 Å². The van der Waals surface area contributed by atoms with Crippen LogP contribution in [-0.2, 0) is 0 Å². The number of rotatable bonds is 2. The molecule has 12 aromatic rings. The summed E-state index contributed by atoms with van der Waals surface area (Å²) in [4.78, 5) is 25.3. The lowest BCUT2D eigenvalue weighted by molar-refractivity contribution is 0.0697. The van der Waals surface area contributed by atoms with Crippen molar-refractivity contribution in [1.82, 2.24) is 0 Å². The number of furan rings is 2. The first kappa shape index (κ1) is 32.2. The Morgan fingerprint density at radius 3 is 1.56 bits per heavy atom. The summed E-state index contributed by atoms with van der Waals surface area (Å²) in [6.07, 6.45) is 0. The number of carbonyl (C=O) groups excluding carboxylic acids is 1. The van der Waals surface area contributed by atoms with Crippen molar-refractivity contribution in [2.45, 2.75) is 0 Å². The molecule has 0 aliphatic heterocycles. The Bertz CT molecular complexity index is 3580. The molecule has 1 aliphatic rings. The molecule has 13 rings (SSSR count). The summed E-state index contributed by atoms with van der Waals surface area (Å²) in [6.45, 7) is 0. The summed E-state index contributed by atoms with van der Waals surface area (Å²) in [7, 11) is 0. The summed E-state index contributed by atoms with van der Waals surface area (Å²) in [5, 5.41) is 18.8. The molecule has 0 spiro atoms. The van der Waals surface area contributed by atoms with Gasteiger partial charge in [0.25, 0.3) is 0 Å². The number of benzene rings is 8. The molecule has 5 nitrogen and oxygen atoms in total. The van der Waals surface area contributed by atoms with Crippen LogP contribution in [-0.4, -0.2) is 16.9 Å². The van der Waals surface area contributed by atoms with Gasteiger partial charge in [-0.15, -0.1) is 22.7 Å². The third-order valence-electron chi connectivity index (χ3n) is 11.3. The van der Waals surface area contributed by atoms with Crippen LogP contribution in [0.4, 0.5) is 0 Å². The average Bonchev–Trinajstić information content (AvgIpc) is 4.06. The summed E-state index contributed by atoms with van der Waals surface area (Å²) < 4.78 is 17.1. The van der Waals surface area contributed by atoms with E-state index in [1.54, 1.807) is 28.7 Å². The van der Waals surface area contributed by atoms with Crippen LogP contribution in [0, 0.1) is 0 Å². The van der Waals surface area contributed by atoms with Gasteiger partial charge in [-0.3, -0.25) is 4.79 Å². The highest BCUT2D eigenvalue weighted by atomic mass is 32.1. The average molecular weight is 771 g/mol. The van der Waals surface area contributed by atoms with E-state index >= 15 is 0 Å². The molecule has 1 N–H and O–H groups in total. The molecule has 0 saturated heterocycles. The summed E-state index contributed by atoms with van der Waals surface area (Å²) >= 11 is 3.44. The highest BCUT2D eigenvalue weighted by Gasteiger charge is 2.33. The molecule has 0 amide bonds. The van der Waals surface area contributed by atoms with Crippen LogP contribution in [0.15, 0.2) is 160 Å². The molecule has 1 aliphatic carbocycles. The number of fused-ring (bicyclic) bond motifs is 17. The first-order valence-electron chi connectivity index (χ1n) is 18.6. The van der Waals surface area contributed by atoms with Crippen LogP contribution >= 0.6 is 22.7 Å². The van der Waals surface area contributed by atoms with Crippen molar-refractivity contribution in [3.05, 3.63) is 168 Å². The predicted octanol–water partition coefficient (Wildman–Crippen LogP) is 14.5. The molecule has 268 valence electrons. The Balaban J connectivity index is 0.000000125. The second kappa shape index (κ2) is 12.0. The number of hydrogen-bond acceptors (Lipinski definition) is 6. The lowest BCUT2D eigenvalue weighted by Gasteiger charge is -2.09. The van der Waals surface area contributed by atoms with E-state index in [1.807, 2.05) is 91.0 Å². The van der Waals surface area contributed by atoms with Gasteiger partial charge in [0.1, 0.15) is 22.3 Å². The summed E-state index contributed by atoms with van der Waals surface area (Å²) in [5.74, 6) is -0.868. The van der Waals surface area contributed by atoms with Crippen molar-refractivity contribution in [3.63, 3.8) is 0 Å². The molecule has 0 fully saturated rings. The Morgan fingerprint density at radius 1 is 0.421 bits per heavy atom. The zero-order valence-electron chi connectivity index (χ0n) is 29.8. The molecule has 0 atom stereocenters. The summed E-state index contributed by atoms with van der Waals surface area (Å²) in [6, 6.07) is 50.2. The zero-order valence-corrected chi connectivity index (χ0v) is 31.5. The van der Waals surface area contributed by atoms with E-state index in [1.165, 1.54) is 30.3 Å². The van der Waals surface area contributed by atoms with E-state index in [0.29, 0.717) is 11.1 Å². The summed E-state index contributed by atoms with van der Waals surface area (Å²) in [5.41, 5.74) is 8.34. The van der Waals surface area contributed by atoms with E-state index in [-0.39, 0.29) is 11.3 Å². The molecule has 0 radical (unpaired) electrons. The van der Waals surface area contributed by atoms with Crippen LogP contribution in [0.2, 0.25) is 0 Å². The minimum atomic E-state index is -0.958. The number of para-hydroxylation sites is 2. The predicted molar refractivity (Wildman–Crippen MR) is 234 cm³/mol. The van der Waals surface area contributed by atoms with Crippen LogP contribution < -0.4 is 0 Å². The van der Waals surface area contributed by atoms with Gasteiger partial charge < -0.3 is 13.9 Å². The van der Waals surface area contributed by atoms with E-state index in [2.05, 4.69) is 54.6 Å². The van der Waals surface area contributed by atoms with Crippen molar-refractivity contribution in [1.29, 1.82) is 0 Å². The van der Waals surface area contributed by atoms with Gasteiger partial charge in [0, 0.05) is 95.3 Å². The van der Waals surface area contributed by atoms with Gasteiger partial charge in [-0.05, 0) is 54.6 Å². The lowest BCUT2D eigenvalue weighted by atomic mass is 9.95. The molecule has 4 aromatic heterocycles. The largest absolute Gasteiger partial charge is 0.478 e. The quantitative estimate of drug-likeness (QED) is 0.189. The van der Waals surface area contributed by atoms with E-state index in [0.717, 1.165) is 76.2 Å². The second-order valence-corrected chi connectivity index (χ2v) is 16.4. The van der Waals surface area contributed by atoms with Crippen molar-refractivity contribution in [2.75, 3.05) is 0 Å². The number of ketones is 1. The van der Waals surface area contributed by atoms with Gasteiger partial charge >= 0.3 is 5.97 Å². The van der Waals surface area contributed by atoms with Crippen LogP contribution in [0.5, 0.6) is 0 Å². The van der Waals surface area contributed by atoms with E-state index in [4.69, 9.17) is 8.83 Å². The number of carbonyl (C=O) groups is 2. The minimum absolute atomic E-state index is 0.0895. The molecule has 8 aromatic carbocycles. The highest BCUT2D eigenvalue weighted by molar-refractivity contribution is 7.26. The fourth-order valence-corrected chi connectivity index (χ4v) is 11.3. The molecule has 0 bridgehead atoms. The first-order chi connectivity index (χ1) is 28.0. The molecule has 0 saturated carbocycles. The number of aromatic carboxylic acids is 1. The Kier molecular flexibility index (Phi) is 6.76. The zero-order chi connectivity index (χ0) is 37.9. The normalized spacial score (nSPS) is 12.4.